The zero-order chi connectivity index (χ0) is 30.3. The number of carbonyl (C=O) groups is 1. The minimum atomic E-state index is -2.82. The third kappa shape index (κ3) is 17.0. The van der Waals surface area contributed by atoms with Crippen molar-refractivity contribution in [1.29, 1.82) is 0 Å². The molecule has 0 heterocycles. The molecule has 2 nitrogen and oxygen atoms in total. The Bertz CT molecular complexity index is 984. The average molecular weight is 668 g/mol. The first-order valence-corrected chi connectivity index (χ1v) is 23.8. The molecule has 1 aromatic carbocycles. The Kier molecular flexibility index (Phi) is 20.6. The molecular formula is C38H60O2Sn. The van der Waals surface area contributed by atoms with Gasteiger partial charge >= 0.3 is 240 Å². The van der Waals surface area contributed by atoms with Gasteiger partial charge < -0.3 is 0 Å². The van der Waals surface area contributed by atoms with Gasteiger partial charge in [0.2, 0.25) is 0 Å². The molecule has 0 saturated carbocycles. The van der Waals surface area contributed by atoms with Gasteiger partial charge in [-0.15, -0.1) is 0 Å². The zero-order valence-electron chi connectivity index (χ0n) is 27.6. The summed E-state index contributed by atoms with van der Waals surface area (Å²) in [5.74, 6) is -0.187. The maximum absolute atomic E-state index is 13.2. The van der Waals surface area contributed by atoms with Crippen LogP contribution in [0.2, 0.25) is 13.3 Å². The van der Waals surface area contributed by atoms with Crippen molar-refractivity contribution in [2.24, 2.45) is 0 Å². The van der Waals surface area contributed by atoms with E-state index in [4.69, 9.17) is 4.74 Å². The van der Waals surface area contributed by atoms with Gasteiger partial charge in [0.25, 0.3) is 0 Å². The SMILES string of the molecule is CCC[CH2][Sn]([CH2]CCC)([CH2]CCC)[C](/C=C/C=C(\C)CC/C=C(\C)CCC=C(C)C)=C/C(=O)OCc1ccccc1. The Morgan fingerprint density at radius 3 is 1.90 bits per heavy atom. The molecule has 0 amide bonds. The number of ether oxygens (including phenoxy) is 1. The van der Waals surface area contributed by atoms with Gasteiger partial charge in [0, 0.05) is 0 Å². The Hall–Kier alpha value is -1.81. The van der Waals surface area contributed by atoms with E-state index in [-0.39, 0.29) is 5.97 Å². The average Bonchev–Trinajstić information content (AvgIpc) is 2.96. The van der Waals surface area contributed by atoms with Crippen LogP contribution in [0.1, 0.15) is 118 Å². The standard InChI is InChI=1S/C26H33O2.3C4H9.Sn/c1-22(2)13-11-15-24(4)17-12-16-23(3)14-7-5-10-20-26(27)28-21-25-18-8-6-9-19-25;3*1-3-4-2;/h5-9,13-14,17-20H,11-12,15-16,21H2,1-4H3;3*1,3-4H2,2H3;/b7-5+,20-10?,23-14+,24-17+;;;;. The van der Waals surface area contributed by atoms with Gasteiger partial charge in [-0.25, -0.2) is 0 Å². The molecule has 0 unspecified atom stereocenters. The summed E-state index contributed by atoms with van der Waals surface area (Å²) in [6.07, 6.45) is 25.3. The summed E-state index contributed by atoms with van der Waals surface area (Å²) >= 11 is -2.82. The summed E-state index contributed by atoms with van der Waals surface area (Å²) in [7, 11) is 0. The molecule has 0 aliphatic rings. The van der Waals surface area contributed by atoms with Crippen LogP contribution < -0.4 is 0 Å². The number of rotatable bonds is 21. The number of unbranched alkanes of at least 4 members (excludes halogenated alkanes) is 3. The number of allylic oxidation sites excluding steroid dienone is 9. The van der Waals surface area contributed by atoms with Gasteiger partial charge in [0.05, 0.1) is 0 Å². The molecule has 0 N–H and O–H groups in total. The van der Waals surface area contributed by atoms with Crippen LogP contribution in [0.4, 0.5) is 0 Å². The van der Waals surface area contributed by atoms with E-state index in [1.165, 1.54) is 72.1 Å². The van der Waals surface area contributed by atoms with E-state index in [9.17, 15) is 4.79 Å². The van der Waals surface area contributed by atoms with E-state index in [0.29, 0.717) is 6.61 Å². The molecular weight excluding hydrogens is 607 g/mol. The van der Waals surface area contributed by atoms with Crippen LogP contribution in [-0.4, -0.2) is 24.3 Å². The predicted molar refractivity (Wildman–Crippen MR) is 184 cm³/mol. The first-order chi connectivity index (χ1) is 19.8. The monoisotopic (exact) mass is 668 g/mol. The molecule has 0 aromatic heterocycles. The molecule has 0 aliphatic carbocycles. The molecule has 0 saturated heterocycles. The maximum atomic E-state index is 13.2. The number of hydrogen-bond donors (Lipinski definition) is 0. The van der Waals surface area contributed by atoms with E-state index >= 15 is 0 Å². The first kappa shape index (κ1) is 37.2. The van der Waals surface area contributed by atoms with Crippen molar-refractivity contribution in [3.63, 3.8) is 0 Å². The summed E-state index contributed by atoms with van der Waals surface area (Å²) in [5.41, 5.74) is 5.29. The van der Waals surface area contributed by atoms with Gasteiger partial charge in [-0.05, 0) is 13.8 Å². The van der Waals surface area contributed by atoms with Crippen molar-refractivity contribution in [2.45, 2.75) is 133 Å². The van der Waals surface area contributed by atoms with Crippen molar-refractivity contribution in [3.05, 3.63) is 92.7 Å². The normalized spacial score (nSPS) is 13.1. The molecule has 0 aliphatic heterocycles. The van der Waals surface area contributed by atoms with Crippen LogP contribution in [-0.2, 0) is 16.1 Å². The second-order valence-electron chi connectivity index (χ2n) is 12.1. The number of benzene rings is 1. The van der Waals surface area contributed by atoms with Crippen molar-refractivity contribution in [1.82, 2.24) is 0 Å². The quantitative estimate of drug-likeness (QED) is 0.0429. The summed E-state index contributed by atoms with van der Waals surface area (Å²) in [5, 5.41) is 0. The van der Waals surface area contributed by atoms with Crippen molar-refractivity contribution in [2.75, 3.05) is 0 Å². The molecule has 0 atom stereocenters. The number of esters is 1. The van der Waals surface area contributed by atoms with Gasteiger partial charge in [-0.3, -0.25) is 0 Å². The molecule has 1 rings (SSSR count). The summed E-state index contributed by atoms with van der Waals surface area (Å²) < 4.78 is 11.1. The topological polar surface area (TPSA) is 26.3 Å². The summed E-state index contributed by atoms with van der Waals surface area (Å²) in [6.45, 7) is 16.0. The third-order valence-electron chi connectivity index (χ3n) is 7.92. The van der Waals surface area contributed by atoms with Crippen molar-refractivity contribution in [3.8, 4) is 0 Å². The van der Waals surface area contributed by atoms with Crippen LogP contribution in [0.25, 0.3) is 0 Å². The Morgan fingerprint density at radius 2 is 1.34 bits per heavy atom. The molecule has 41 heavy (non-hydrogen) atoms. The molecule has 0 bridgehead atoms. The zero-order valence-corrected chi connectivity index (χ0v) is 30.4. The van der Waals surface area contributed by atoms with Gasteiger partial charge in [0.15, 0.2) is 0 Å². The summed E-state index contributed by atoms with van der Waals surface area (Å²) in [6, 6.07) is 10.00. The van der Waals surface area contributed by atoms with Gasteiger partial charge in [-0.1, -0.05) is 5.57 Å². The number of carbonyl (C=O) groups excluding carboxylic acids is 1. The number of hydrogen-bond acceptors (Lipinski definition) is 2. The fourth-order valence-electron chi connectivity index (χ4n) is 5.27. The fourth-order valence-corrected chi connectivity index (χ4v) is 21.2. The molecule has 0 radical (unpaired) electrons. The van der Waals surface area contributed by atoms with Crippen LogP contribution >= 0.6 is 0 Å². The fraction of sp³-hybridized carbons (Fsp3) is 0.553. The Morgan fingerprint density at radius 1 is 0.780 bits per heavy atom. The van der Waals surface area contributed by atoms with Crippen molar-refractivity contribution < 1.29 is 9.53 Å². The third-order valence-corrected chi connectivity index (χ3v) is 23.5. The second kappa shape index (κ2) is 22.7. The minimum absolute atomic E-state index is 0.187. The second-order valence-corrected chi connectivity index (χ2v) is 25.3. The van der Waals surface area contributed by atoms with Gasteiger partial charge in [-0.2, -0.15) is 0 Å². The Labute approximate surface area is 258 Å². The molecule has 0 spiro atoms. The van der Waals surface area contributed by atoms with Crippen molar-refractivity contribution >= 4 is 24.3 Å². The van der Waals surface area contributed by atoms with Crippen LogP contribution in [0.3, 0.4) is 0 Å². The first-order valence-electron chi connectivity index (χ1n) is 16.3. The van der Waals surface area contributed by atoms with E-state index in [1.54, 1.807) is 0 Å². The van der Waals surface area contributed by atoms with E-state index in [0.717, 1.165) is 31.2 Å². The van der Waals surface area contributed by atoms with E-state index in [1.807, 2.05) is 36.4 Å². The molecule has 3 heteroatoms. The molecule has 1 aromatic rings. The molecule has 0 fully saturated rings. The van der Waals surface area contributed by atoms with Crippen LogP contribution in [0.5, 0.6) is 0 Å². The summed E-state index contributed by atoms with van der Waals surface area (Å²) in [4.78, 5) is 13.2. The molecule has 228 valence electrons. The van der Waals surface area contributed by atoms with E-state index in [2.05, 4.69) is 78.8 Å². The van der Waals surface area contributed by atoms with E-state index < -0.39 is 18.4 Å². The van der Waals surface area contributed by atoms with Crippen LogP contribution in [0.15, 0.2) is 87.1 Å². The Balaban J connectivity index is 3.17. The van der Waals surface area contributed by atoms with Gasteiger partial charge in [0.1, 0.15) is 0 Å². The predicted octanol–water partition coefficient (Wildman–Crippen LogP) is 12.0. The van der Waals surface area contributed by atoms with Crippen LogP contribution in [0, 0.1) is 0 Å².